The summed E-state index contributed by atoms with van der Waals surface area (Å²) in [7, 11) is 1.64. The van der Waals surface area contributed by atoms with Crippen LogP contribution in [0.3, 0.4) is 0 Å². The van der Waals surface area contributed by atoms with Gasteiger partial charge in [0.05, 0.1) is 0 Å². The molecule has 92 valence electrons. The van der Waals surface area contributed by atoms with Crippen LogP contribution in [0, 0.1) is 5.92 Å². The van der Waals surface area contributed by atoms with Crippen molar-refractivity contribution in [2.45, 2.75) is 26.0 Å². The molecule has 1 saturated heterocycles. The summed E-state index contributed by atoms with van der Waals surface area (Å²) < 4.78 is 5.21. The van der Waals surface area contributed by atoms with E-state index in [0.717, 1.165) is 19.4 Å². The molecule has 0 bridgehead atoms. The number of methoxy groups -OCH3 is 1. The van der Waals surface area contributed by atoms with E-state index >= 15 is 0 Å². The lowest BCUT2D eigenvalue weighted by Crippen LogP contribution is -2.37. The van der Waals surface area contributed by atoms with Crippen molar-refractivity contribution in [2.75, 3.05) is 13.7 Å². The number of benzene rings is 1. The molecule has 1 fully saturated rings. The van der Waals surface area contributed by atoms with E-state index in [0.29, 0.717) is 0 Å². The molecule has 1 aliphatic rings. The van der Waals surface area contributed by atoms with Crippen molar-refractivity contribution in [3.05, 3.63) is 35.9 Å². The molecule has 1 aromatic rings. The molecule has 1 heterocycles. The van der Waals surface area contributed by atoms with Gasteiger partial charge in [-0.25, -0.2) is 0 Å². The standard InChI is InChI=1S/C14H19NO2/c1-11(17-2)15-9-8-13(14(15)16)10-12-6-4-3-5-7-12/h3-7,11,13H,8-10H2,1-2H3/t11-,13+/m1/s1. The van der Waals surface area contributed by atoms with Crippen LogP contribution in [-0.2, 0) is 16.0 Å². The number of hydrogen-bond donors (Lipinski definition) is 0. The minimum absolute atomic E-state index is 0.108. The quantitative estimate of drug-likeness (QED) is 0.796. The molecule has 17 heavy (non-hydrogen) atoms. The molecule has 2 rings (SSSR count). The van der Waals surface area contributed by atoms with Gasteiger partial charge in [-0.3, -0.25) is 4.79 Å². The van der Waals surface area contributed by atoms with Crippen molar-refractivity contribution in [3.8, 4) is 0 Å². The van der Waals surface area contributed by atoms with Crippen molar-refractivity contribution in [1.82, 2.24) is 4.90 Å². The number of nitrogens with zero attached hydrogens (tertiary/aromatic N) is 1. The first-order valence-electron chi connectivity index (χ1n) is 6.09. The molecule has 0 aliphatic carbocycles. The maximum Gasteiger partial charge on any atom is 0.228 e. The second-order valence-corrected chi connectivity index (χ2v) is 4.54. The lowest BCUT2D eigenvalue weighted by molar-refractivity contribution is -0.140. The van der Waals surface area contributed by atoms with Gasteiger partial charge in [0.2, 0.25) is 5.91 Å². The molecule has 0 aromatic heterocycles. The maximum absolute atomic E-state index is 12.2. The minimum Gasteiger partial charge on any atom is -0.362 e. The summed E-state index contributed by atoms with van der Waals surface area (Å²) in [5.74, 6) is 0.346. The molecular formula is C14H19NO2. The fourth-order valence-corrected chi connectivity index (χ4v) is 2.34. The van der Waals surface area contributed by atoms with Gasteiger partial charge in [0, 0.05) is 19.6 Å². The zero-order valence-corrected chi connectivity index (χ0v) is 10.4. The predicted molar refractivity (Wildman–Crippen MR) is 66.4 cm³/mol. The van der Waals surface area contributed by atoms with Crippen molar-refractivity contribution in [3.63, 3.8) is 0 Å². The van der Waals surface area contributed by atoms with Gasteiger partial charge in [-0.15, -0.1) is 0 Å². The number of carbonyl (C=O) groups excluding carboxylic acids is 1. The number of hydrogen-bond acceptors (Lipinski definition) is 2. The van der Waals surface area contributed by atoms with E-state index in [1.54, 1.807) is 7.11 Å². The van der Waals surface area contributed by atoms with Gasteiger partial charge in [-0.05, 0) is 25.3 Å². The van der Waals surface area contributed by atoms with Gasteiger partial charge in [0.15, 0.2) is 0 Å². The topological polar surface area (TPSA) is 29.5 Å². The van der Waals surface area contributed by atoms with E-state index < -0.39 is 0 Å². The lowest BCUT2D eigenvalue weighted by Gasteiger charge is -2.23. The minimum atomic E-state index is -0.108. The Morgan fingerprint density at radius 1 is 1.41 bits per heavy atom. The third-order valence-electron chi connectivity index (χ3n) is 3.46. The van der Waals surface area contributed by atoms with Crippen LogP contribution in [0.4, 0.5) is 0 Å². The van der Waals surface area contributed by atoms with E-state index in [4.69, 9.17) is 4.74 Å². The van der Waals surface area contributed by atoms with Crippen LogP contribution in [0.2, 0.25) is 0 Å². The Morgan fingerprint density at radius 3 is 2.76 bits per heavy atom. The Balaban J connectivity index is 1.99. The van der Waals surface area contributed by atoms with E-state index in [1.807, 2.05) is 30.0 Å². The third kappa shape index (κ3) is 2.67. The fraction of sp³-hybridized carbons (Fsp3) is 0.500. The molecule has 0 unspecified atom stereocenters. The summed E-state index contributed by atoms with van der Waals surface area (Å²) in [4.78, 5) is 14.0. The second kappa shape index (κ2) is 5.32. The van der Waals surface area contributed by atoms with E-state index in [9.17, 15) is 4.79 Å². The van der Waals surface area contributed by atoms with Gasteiger partial charge in [-0.2, -0.15) is 0 Å². The first-order valence-corrected chi connectivity index (χ1v) is 6.09. The highest BCUT2D eigenvalue weighted by Gasteiger charge is 2.34. The van der Waals surface area contributed by atoms with Crippen molar-refractivity contribution >= 4 is 5.91 Å². The number of ether oxygens (including phenoxy) is 1. The van der Waals surface area contributed by atoms with Crippen LogP contribution in [0.25, 0.3) is 0 Å². The molecule has 0 N–H and O–H groups in total. The third-order valence-corrected chi connectivity index (χ3v) is 3.46. The van der Waals surface area contributed by atoms with Crippen LogP contribution in [0.1, 0.15) is 18.9 Å². The number of amides is 1. The Morgan fingerprint density at radius 2 is 2.12 bits per heavy atom. The summed E-state index contributed by atoms with van der Waals surface area (Å²) in [6.07, 6.45) is 1.66. The average Bonchev–Trinajstić information content (AvgIpc) is 2.72. The Labute approximate surface area is 102 Å². The van der Waals surface area contributed by atoms with Crippen LogP contribution >= 0.6 is 0 Å². The monoisotopic (exact) mass is 233 g/mol. The van der Waals surface area contributed by atoms with Gasteiger partial charge < -0.3 is 9.64 Å². The SMILES string of the molecule is CO[C@H](C)N1CC[C@@H](Cc2ccccc2)C1=O. The zero-order chi connectivity index (χ0) is 12.3. The van der Waals surface area contributed by atoms with E-state index in [1.165, 1.54) is 5.56 Å². The summed E-state index contributed by atoms with van der Waals surface area (Å²) in [6.45, 7) is 2.73. The fourth-order valence-electron chi connectivity index (χ4n) is 2.34. The highest BCUT2D eigenvalue weighted by atomic mass is 16.5. The Hall–Kier alpha value is -1.35. The number of carbonyl (C=O) groups is 1. The molecule has 3 heteroatoms. The molecule has 1 aliphatic heterocycles. The largest absolute Gasteiger partial charge is 0.362 e. The average molecular weight is 233 g/mol. The van der Waals surface area contributed by atoms with E-state index in [-0.39, 0.29) is 18.1 Å². The maximum atomic E-state index is 12.2. The molecule has 0 spiro atoms. The van der Waals surface area contributed by atoms with Gasteiger partial charge in [0.1, 0.15) is 6.23 Å². The lowest BCUT2D eigenvalue weighted by atomic mass is 9.98. The smallest absolute Gasteiger partial charge is 0.228 e. The van der Waals surface area contributed by atoms with Crippen LogP contribution < -0.4 is 0 Å². The second-order valence-electron chi connectivity index (χ2n) is 4.54. The number of likely N-dealkylation sites (tertiary alicyclic amines) is 1. The molecule has 1 aromatic carbocycles. The Bertz CT molecular complexity index is 377. The van der Waals surface area contributed by atoms with Crippen LogP contribution in [0.5, 0.6) is 0 Å². The van der Waals surface area contributed by atoms with Gasteiger partial charge >= 0.3 is 0 Å². The van der Waals surface area contributed by atoms with Crippen molar-refractivity contribution < 1.29 is 9.53 Å². The summed E-state index contributed by atoms with van der Waals surface area (Å²) in [5.41, 5.74) is 1.23. The number of rotatable bonds is 4. The van der Waals surface area contributed by atoms with Crippen LogP contribution in [-0.4, -0.2) is 30.7 Å². The normalized spacial score (nSPS) is 21.9. The van der Waals surface area contributed by atoms with Crippen molar-refractivity contribution in [2.24, 2.45) is 5.92 Å². The van der Waals surface area contributed by atoms with Gasteiger partial charge in [0.25, 0.3) is 0 Å². The summed E-state index contributed by atoms with van der Waals surface area (Å²) in [5, 5.41) is 0. The van der Waals surface area contributed by atoms with Crippen molar-refractivity contribution in [1.29, 1.82) is 0 Å². The van der Waals surface area contributed by atoms with Gasteiger partial charge in [-0.1, -0.05) is 30.3 Å². The summed E-state index contributed by atoms with van der Waals surface area (Å²) in [6, 6.07) is 10.2. The first kappa shape index (κ1) is 12.1. The Kier molecular flexibility index (Phi) is 3.79. The highest BCUT2D eigenvalue weighted by molar-refractivity contribution is 5.81. The zero-order valence-electron chi connectivity index (χ0n) is 10.4. The predicted octanol–water partition coefficient (Wildman–Crippen LogP) is 2.07. The molecule has 0 radical (unpaired) electrons. The van der Waals surface area contributed by atoms with E-state index in [2.05, 4.69) is 12.1 Å². The molecule has 3 nitrogen and oxygen atoms in total. The van der Waals surface area contributed by atoms with Crippen LogP contribution in [0.15, 0.2) is 30.3 Å². The highest BCUT2D eigenvalue weighted by Crippen LogP contribution is 2.24. The molecule has 2 atom stereocenters. The molecule has 1 amide bonds. The summed E-state index contributed by atoms with van der Waals surface area (Å²) >= 11 is 0. The molecule has 0 saturated carbocycles. The first-order chi connectivity index (χ1) is 8.22. The molecular weight excluding hydrogens is 214 g/mol.